The van der Waals surface area contributed by atoms with E-state index in [4.69, 9.17) is 0 Å². The third kappa shape index (κ3) is 6.65. The number of H-pyrrole nitrogens is 1. The molecule has 1 aliphatic rings. The number of fused-ring (bicyclic) bond motifs is 1. The molecule has 1 N–H and O–H groups in total. The fourth-order valence-corrected chi connectivity index (χ4v) is 6.08. The van der Waals surface area contributed by atoms with Crippen LogP contribution >= 0.6 is 37.2 Å². The van der Waals surface area contributed by atoms with E-state index in [0.29, 0.717) is 25.1 Å². The second-order valence-electron chi connectivity index (χ2n) is 8.50. The molecule has 0 fully saturated rings. The van der Waals surface area contributed by atoms with Crippen LogP contribution in [0.2, 0.25) is 0 Å². The van der Waals surface area contributed by atoms with Crippen LogP contribution < -0.4 is 4.90 Å². The number of nitriles is 1. The lowest BCUT2D eigenvalue weighted by Gasteiger charge is -2.32. The third-order valence-electron chi connectivity index (χ3n) is 6.19. The van der Waals surface area contributed by atoms with Crippen LogP contribution in [0.25, 0.3) is 0 Å². The number of imidazole rings is 1. The Labute approximate surface area is 241 Å². The Hall–Kier alpha value is -3.13. The minimum absolute atomic E-state index is 0. The lowest BCUT2D eigenvalue weighted by molar-refractivity contribution is 0.318. The first kappa shape index (κ1) is 31.1. The Bertz CT molecular complexity index is 1450. The van der Waals surface area contributed by atoms with Crippen molar-refractivity contribution in [1.29, 1.82) is 5.26 Å². The lowest BCUT2D eigenvalue weighted by Crippen LogP contribution is -2.45. The molecular formula is C26H27Cl3N6O2S. The molecule has 1 aliphatic heterocycles. The normalized spacial score (nSPS) is 15.0. The molecule has 0 aliphatic carbocycles. The second kappa shape index (κ2) is 13.6. The first-order valence-electron chi connectivity index (χ1n) is 11.3. The maximum Gasteiger partial charge on any atom is 0.245 e. The van der Waals surface area contributed by atoms with Crippen molar-refractivity contribution in [3.05, 3.63) is 108 Å². The van der Waals surface area contributed by atoms with Crippen molar-refractivity contribution in [2.75, 3.05) is 11.4 Å². The fourth-order valence-electron chi connectivity index (χ4n) is 4.53. The Morgan fingerprint density at radius 2 is 1.79 bits per heavy atom. The Kier molecular flexibility index (Phi) is 11.1. The van der Waals surface area contributed by atoms with Crippen molar-refractivity contribution in [2.45, 2.75) is 30.4 Å². The zero-order valence-corrected chi connectivity index (χ0v) is 23.4. The van der Waals surface area contributed by atoms with Crippen LogP contribution in [-0.4, -0.2) is 40.3 Å². The molecule has 0 amide bonds. The molecule has 3 heterocycles. The number of halogens is 3. The minimum atomic E-state index is -3.86. The van der Waals surface area contributed by atoms with E-state index >= 15 is 0 Å². The van der Waals surface area contributed by atoms with Gasteiger partial charge in [0.05, 0.1) is 30.2 Å². The van der Waals surface area contributed by atoms with Crippen LogP contribution in [0.15, 0.2) is 90.5 Å². The Balaban J connectivity index is 0.00000169. The number of benzene rings is 2. The number of sulfonamides is 1. The first-order valence-corrected chi connectivity index (χ1v) is 12.7. The highest BCUT2D eigenvalue weighted by Crippen LogP contribution is 2.33. The predicted molar refractivity (Wildman–Crippen MR) is 153 cm³/mol. The highest BCUT2D eigenvalue weighted by molar-refractivity contribution is 7.89. The van der Waals surface area contributed by atoms with Gasteiger partial charge in [-0.1, -0.05) is 30.3 Å². The summed E-state index contributed by atoms with van der Waals surface area (Å²) in [5, 5.41) is 9.52. The van der Waals surface area contributed by atoms with E-state index in [0.717, 1.165) is 22.5 Å². The summed E-state index contributed by atoms with van der Waals surface area (Å²) in [5.41, 5.74) is 4.15. The van der Waals surface area contributed by atoms with Crippen molar-refractivity contribution in [3.8, 4) is 6.07 Å². The van der Waals surface area contributed by atoms with Gasteiger partial charge in [-0.25, -0.2) is 13.4 Å². The highest BCUT2D eigenvalue weighted by atomic mass is 35.5. The van der Waals surface area contributed by atoms with Gasteiger partial charge in [0.1, 0.15) is 4.90 Å². The van der Waals surface area contributed by atoms with E-state index < -0.39 is 10.0 Å². The van der Waals surface area contributed by atoms with Crippen LogP contribution in [0.3, 0.4) is 0 Å². The number of nitrogens with one attached hydrogen (secondary N) is 1. The highest BCUT2D eigenvalue weighted by Gasteiger charge is 2.36. The molecule has 4 aromatic rings. The summed E-state index contributed by atoms with van der Waals surface area (Å²) < 4.78 is 29.4. The summed E-state index contributed by atoms with van der Waals surface area (Å²) in [6, 6.07) is 20.4. The molecule has 200 valence electrons. The molecule has 2 aromatic carbocycles. The van der Waals surface area contributed by atoms with Crippen LogP contribution in [-0.2, 0) is 29.5 Å². The third-order valence-corrected chi connectivity index (χ3v) is 8.07. The molecule has 5 rings (SSSR count). The first-order chi connectivity index (χ1) is 17.0. The average molecular weight is 594 g/mol. The van der Waals surface area contributed by atoms with E-state index in [1.165, 1.54) is 6.20 Å². The van der Waals surface area contributed by atoms with E-state index in [9.17, 15) is 13.7 Å². The standard InChI is InChI=1S/C26H24N6O2S.3ClH/c27-13-21-8-9-26-22(11-21)16-32(35(33,34)25-7-4-10-28-15-25)24(12-20-5-2-1-3-6-20)18-31(26)17-23-14-29-19-30-23;;;/h1-11,14-15,19,24H,12,16-18H2,(H,29,30);3*1H/t24-;;;/m1.../s1. The molecule has 12 heteroatoms. The second-order valence-corrected chi connectivity index (χ2v) is 10.4. The summed E-state index contributed by atoms with van der Waals surface area (Å²) in [6.07, 6.45) is 6.88. The zero-order valence-electron chi connectivity index (χ0n) is 20.2. The summed E-state index contributed by atoms with van der Waals surface area (Å²) in [5.74, 6) is 0. The molecule has 0 bridgehead atoms. The van der Waals surface area contributed by atoms with Crippen molar-refractivity contribution in [2.24, 2.45) is 0 Å². The lowest BCUT2D eigenvalue weighted by atomic mass is 10.1. The summed E-state index contributed by atoms with van der Waals surface area (Å²) in [4.78, 5) is 13.6. The van der Waals surface area contributed by atoms with Gasteiger partial charge in [0, 0.05) is 43.4 Å². The van der Waals surface area contributed by atoms with Gasteiger partial charge in [0.15, 0.2) is 0 Å². The molecule has 0 spiro atoms. The molecule has 0 saturated carbocycles. The number of hydrogen-bond acceptors (Lipinski definition) is 6. The maximum atomic E-state index is 13.9. The van der Waals surface area contributed by atoms with Crippen molar-refractivity contribution >= 4 is 52.9 Å². The van der Waals surface area contributed by atoms with Crippen LogP contribution in [0, 0.1) is 11.3 Å². The monoisotopic (exact) mass is 592 g/mol. The number of hydrogen-bond donors (Lipinski definition) is 1. The summed E-state index contributed by atoms with van der Waals surface area (Å²) in [6.45, 7) is 1.15. The van der Waals surface area contributed by atoms with Gasteiger partial charge in [0.2, 0.25) is 10.0 Å². The topological polar surface area (TPSA) is 106 Å². The van der Waals surface area contributed by atoms with Crippen LogP contribution in [0.4, 0.5) is 5.69 Å². The van der Waals surface area contributed by atoms with Crippen LogP contribution in [0.5, 0.6) is 0 Å². The number of nitrogens with zero attached hydrogens (tertiary/aromatic N) is 5. The van der Waals surface area contributed by atoms with E-state index in [1.54, 1.807) is 47.3 Å². The number of rotatable bonds is 6. The van der Waals surface area contributed by atoms with Gasteiger partial charge in [-0.05, 0) is 47.9 Å². The number of pyridine rings is 1. The van der Waals surface area contributed by atoms with Crippen molar-refractivity contribution < 1.29 is 8.42 Å². The van der Waals surface area contributed by atoms with Gasteiger partial charge in [-0.3, -0.25) is 4.98 Å². The molecule has 2 aromatic heterocycles. The van der Waals surface area contributed by atoms with Gasteiger partial charge in [-0.15, -0.1) is 37.2 Å². The predicted octanol–water partition coefficient (Wildman–Crippen LogP) is 4.76. The van der Waals surface area contributed by atoms with E-state index in [-0.39, 0.29) is 54.7 Å². The molecule has 38 heavy (non-hydrogen) atoms. The summed E-state index contributed by atoms with van der Waals surface area (Å²) >= 11 is 0. The molecular weight excluding hydrogens is 567 g/mol. The Morgan fingerprint density at radius 3 is 2.45 bits per heavy atom. The molecule has 0 saturated heterocycles. The zero-order chi connectivity index (χ0) is 24.3. The van der Waals surface area contributed by atoms with Gasteiger partial charge < -0.3 is 9.88 Å². The summed E-state index contributed by atoms with van der Waals surface area (Å²) in [7, 11) is -3.86. The quantitative estimate of drug-likeness (QED) is 0.345. The van der Waals surface area contributed by atoms with Gasteiger partial charge in [-0.2, -0.15) is 9.57 Å². The minimum Gasteiger partial charge on any atom is -0.364 e. The molecule has 0 radical (unpaired) electrons. The number of aromatic amines is 1. The number of aromatic nitrogens is 3. The molecule has 8 nitrogen and oxygen atoms in total. The van der Waals surface area contributed by atoms with Gasteiger partial charge in [0.25, 0.3) is 0 Å². The smallest absolute Gasteiger partial charge is 0.245 e. The molecule has 1 atom stereocenters. The van der Waals surface area contributed by atoms with Crippen molar-refractivity contribution in [1.82, 2.24) is 19.3 Å². The van der Waals surface area contributed by atoms with Crippen LogP contribution in [0.1, 0.15) is 22.4 Å². The average Bonchev–Trinajstić information content (AvgIpc) is 3.35. The largest absolute Gasteiger partial charge is 0.364 e. The van der Waals surface area contributed by atoms with Crippen molar-refractivity contribution in [3.63, 3.8) is 0 Å². The van der Waals surface area contributed by atoms with Gasteiger partial charge >= 0.3 is 0 Å². The number of anilines is 1. The Morgan fingerprint density at radius 1 is 1.00 bits per heavy atom. The van der Waals surface area contributed by atoms with E-state index in [1.807, 2.05) is 36.4 Å². The SMILES string of the molecule is Cl.Cl.Cl.N#Cc1ccc2c(c1)CN(S(=O)(=O)c1cccnc1)[C@H](Cc1ccccc1)CN2Cc1cnc[nH]1. The molecule has 0 unspecified atom stereocenters. The fraction of sp³-hybridized carbons (Fsp3) is 0.192. The van der Waals surface area contributed by atoms with E-state index in [2.05, 4.69) is 25.9 Å². The maximum absolute atomic E-state index is 13.9.